The minimum absolute atomic E-state index is 0.144. The van der Waals surface area contributed by atoms with Crippen LogP contribution >= 0.6 is 0 Å². The van der Waals surface area contributed by atoms with Crippen molar-refractivity contribution in [1.82, 2.24) is 19.5 Å². The van der Waals surface area contributed by atoms with E-state index in [0.29, 0.717) is 23.0 Å². The van der Waals surface area contributed by atoms with Crippen LogP contribution in [0.3, 0.4) is 0 Å². The van der Waals surface area contributed by atoms with Gasteiger partial charge in [-0.1, -0.05) is 0 Å². The number of hydrogen-bond donors (Lipinski definition) is 2. The van der Waals surface area contributed by atoms with Crippen molar-refractivity contribution in [3.8, 4) is 17.3 Å². The van der Waals surface area contributed by atoms with Crippen molar-refractivity contribution in [3.63, 3.8) is 0 Å². The van der Waals surface area contributed by atoms with Crippen LogP contribution in [0.15, 0.2) is 41.5 Å². The number of aliphatic hydroxyl groups is 1. The van der Waals surface area contributed by atoms with Gasteiger partial charge in [0.2, 0.25) is 0 Å². The molecular weight excluding hydrogens is 396 g/mol. The number of nitrogens with zero attached hydrogens (tertiary/aromatic N) is 5. The van der Waals surface area contributed by atoms with Crippen molar-refractivity contribution < 1.29 is 9.84 Å². The molecule has 0 saturated heterocycles. The Kier molecular flexibility index (Phi) is 5.85. The van der Waals surface area contributed by atoms with Crippen LogP contribution in [0, 0.1) is 0 Å². The number of likely N-dealkylation sites (N-methyl/N-ethyl adjacent to an activating group) is 1. The molecule has 3 aromatic heterocycles. The van der Waals surface area contributed by atoms with E-state index in [4.69, 9.17) is 14.7 Å². The standard InChI is InChI=1S/C22H26N6O3/c1-27-10-8-14(11-20(27)30)24-19(29)13-28(2)22-16-5-4-6-17(16)25-21(26-22)18-12-15(31-3)7-9-23-18/h7-12,19,24,29H,4-6,13H2,1-3H3. The number of nitrogens with one attached hydrogen (secondary N) is 1. The van der Waals surface area contributed by atoms with E-state index in [-0.39, 0.29) is 12.1 Å². The second kappa shape index (κ2) is 8.73. The first kappa shape index (κ1) is 20.8. The molecule has 0 saturated carbocycles. The third-order valence-electron chi connectivity index (χ3n) is 5.35. The first-order chi connectivity index (χ1) is 14.9. The Morgan fingerprint density at radius 2 is 2.13 bits per heavy atom. The second-order valence-electron chi connectivity index (χ2n) is 7.64. The lowest BCUT2D eigenvalue weighted by molar-refractivity contribution is 0.210. The Morgan fingerprint density at radius 1 is 1.29 bits per heavy atom. The molecule has 2 N–H and O–H groups in total. The van der Waals surface area contributed by atoms with Gasteiger partial charge in [-0.2, -0.15) is 0 Å². The normalized spacial score (nSPS) is 13.5. The van der Waals surface area contributed by atoms with Gasteiger partial charge in [0, 0.05) is 55.6 Å². The molecule has 4 rings (SSSR count). The Morgan fingerprint density at radius 3 is 2.90 bits per heavy atom. The van der Waals surface area contributed by atoms with Crippen LogP contribution in [-0.4, -0.2) is 51.6 Å². The fourth-order valence-electron chi connectivity index (χ4n) is 3.73. The van der Waals surface area contributed by atoms with E-state index in [0.717, 1.165) is 36.3 Å². The summed E-state index contributed by atoms with van der Waals surface area (Å²) < 4.78 is 6.77. The van der Waals surface area contributed by atoms with Crippen LogP contribution in [0.25, 0.3) is 11.5 Å². The number of anilines is 2. The van der Waals surface area contributed by atoms with Gasteiger partial charge in [0.15, 0.2) is 5.82 Å². The molecule has 0 aliphatic heterocycles. The van der Waals surface area contributed by atoms with Gasteiger partial charge in [-0.25, -0.2) is 9.97 Å². The highest BCUT2D eigenvalue weighted by Crippen LogP contribution is 2.31. The highest BCUT2D eigenvalue weighted by Gasteiger charge is 2.23. The summed E-state index contributed by atoms with van der Waals surface area (Å²) in [6.07, 6.45) is 5.26. The van der Waals surface area contributed by atoms with Crippen molar-refractivity contribution in [2.75, 3.05) is 30.9 Å². The summed E-state index contributed by atoms with van der Waals surface area (Å²) in [6.45, 7) is 0.281. The van der Waals surface area contributed by atoms with Crippen LogP contribution in [0.4, 0.5) is 11.5 Å². The molecule has 3 heterocycles. The predicted octanol–water partition coefficient (Wildman–Crippen LogP) is 1.60. The number of pyridine rings is 2. The first-order valence-electron chi connectivity index (χ1n) is 10.2. The molecule has 9 nitrogen and oxygen atoms in total. The molecule has 31 heavy (non-hydrogen) atoms. The lowest BCUT2D eigenvalue weighted by atomic mass is 10.2. The molecule has 3 aromatic rings. The largest absolute Gasteiger partial charge is 0.497 e. The number of aryl methyl sites for hydroxylation is 2. The van der Waals surface area contributed by atoms with Gasteiger partial charge in [-0.3, -0.25) is 9.78 Å². The summed E-state index contributed by atoms with van der Waals surface area (Å²) in [4.78, 5) is 27.6. The smallest absolute Gasteiger partial charge is 0.252 e. The topological polar surface area (TPSA) is 105 Å². The maximum atomic E-state index is 11.8. The molecule has 0 amide bonds. The minimum atomic E-state index is -0.887. The fraction of sp³-hybridized carbons (Fsp3) is 0.364. The number of rotatable bonds is 7. The van der Waals surface area contributed by atoms with E-state index in [1.165, 1.54) is 10.6 Å². The summed E-state index contributed by atoms with van der Waals surface area (Å²) in [6, 6.07) is 6.80. The Bertz CT molecular complexity index is 1150. The maximum Gasteiger partial charge on any atom is 0.252 e. The average molecular weight is 422 g/mol. The third kappa shape index (κ3) is 4.51. The van der Waals surface area contributed by atoms with Crippen LogP contribution in [-0.2, 0) is 19.9 Å². The first-order valence-corrected chi connectivity index (χ1v) is 10.2. The quantitative estimate of drug-likeness (QED) is 0.553. The minimum Gasteiger partial charge on any atom is -0.497 e. The molecule has 1 atom stereocenters. The van der Waals surface area contributed by atoms with E-state index < -0.39 is 6.23 Å². The molecule has 0 radical (unpaired) electrons. The highest BCUT2D eigenvalue weighted by molar-refractivity contribution is 5.60. The van der Waals surface area contributed by atoms with Crippen LogP contribution in [0.2, 0.25) is 0 Å². The number of hydrogen-bond acceptors (Lipinski definition) is 8. The molecule has 0 aromatic carbocycles. The van der Waals surface area contributed by atoms with Crippen molar-refractivity contribution in [1.29, 1.82) is 0 Å². The highest BCUT2D eigenvalue weighted by atomic mass is 16.5. The number of aliphatic hydroxyl groups excluding tert-OH is 1. The van der Waals surface area contributed by atoms with Gasteiger partial charge in [-0.05, 0) is 31.4 Å². The molecule has 0 fully saturated rings. The average Bonchev–Trinajstić information content (AvgIpc) is 3.24. The summed E-state index contributed by atoms with van der Waals surface area (Å²) in [5.41, 5.74) is 3.19. The molecular formula is C22H26N6O3. The zero-order chi connectivity index (χ0) is 22.0. The Labute approximate surface area is 180 Å². The third-order valence-corrected chi connectivity index (χ3v) is 5.35. The molecule has 0 bridgehead atoms. The van der Waals surface area contributed by atoms with E-state index in [9.17, 15) is 9.90 Å². The maximum absolute atomic E-state index is 11.8. The molecule has 1 aliphatic rings. The van der Waals surface area contributed by atoms with E-state index in [2.05, 4.69) is 10.3 Å². The van der Waals surface area contributed by atoms with Gasteiger partial charge in [0.05, 0.1) is 13.7 Å². The van der Waals surface area contributed by atoms with Crippen molar-refractivity contribution >= 4 is 11.5 Å². The SMILES string of the molecule is COc1ccnc(-c2nc3c(c(N(C)CC(O)Nc4ccn(C)c(=O)c4)n2)CCC3)c1. The summed E-state index contributed by atoms with van der Waals surface area (Å²) in [7, 11) is 5.18. The number of aromatic nitrogens is 4. The van der Waals surface area contributed by atoms with E-state index in [1.807, 2.05) is 18.0 Å². The molecule has 1 unspecified atom stereocenters. The summed E-state index contributed by atoms with van der Waals surface area (Å²) >= 11 is 0. The summed E-state index contributed by atoms with van der Waals surface area (Å²) in [5.74, 6) is 2.01. The molecule has 9 heteroatoms. The fourth-order valence-corrected chi connectivity index (χ4v) is 3.73. The zero-order valence-corrected chi connectivity index (χ0v) is 17.9. The van der Waals surface area contributed by atoms with Gasteiger partial charge in [-0.15, -0.1) is 0 Å². The number of fused-ring (bicyclic) bond motifs is 1. The van der Waals surface area contributed by atoms with E-state index in [1.54, 1.807) is 38.7 Å². The monoisotopic (exact) mass is 422 g/mol. The van der Waals surface area contributed by atoms with Gasteiger partial charge < -0.3 is 24.6 Å². The number of ether oxygens (including phenoxy) is 1. The Balaban J connectivity index is 1.58. The van der Waals surface area contributed by atoms with Crippen molar-refractivity contribution in [2.45, 2.75) is 25.5 Å². The molecule has 0 spiro atoms. The number of methoxy groups -OCH3 is 1. The van der Waals surface area contributed by atoms with Gasteiger partial charge in [0.25, 0.3) is 5.56 Å². The molecule has 162 valence electrons. The van der Waals surface area contributed by atoms with Gasteiger partial charge >= 0.3 is 0 Å². The van der Waals surface area contributed by atoms with Gasteiger partial charge in [0.1, 0.15) is 23.5 Å². The van der Waals surface area contributed by atoms with Crippen LogP contribution < -0.4 is 20.5 Å². The van der Waals surface area contributed by atoms with Crippen LogP contribution in [0.5, 0.6) is 5.75 Å². The van der Waals surface area contributed by atoms with Crippen LogP contribution in [0.1, 0.15) is 17.7 Å². The second-order valence-corrected chi connectivity index (χ2v) is 7.64. The predicted molar refractivity (Wildman–Crippen MR) is 118 cm³/mol. The molecule has 1 aliphatic carbocycles. The van der Waals surface area contributed by atoms with Crippen molar-refractivity contribution in [3.05, 3.63) is 58.3 Å². The lowest BCUT2D eigenvalue weighted by Gasteiger charge is -2.25. The zero-order valence-electron chi connectivity index (χ0n) is 17.9. The lowest BCUT2D eigenvalue weighted by Crippen LogP contribution is -2.35. The van der Waals surface area contributed by atoms with E-state index >= 15 is 0 Å². The summed E-state index contributed by atoms with van der Waals surface area (Å²) in [5, 5.41) is 13.5. The van der Waals surface area contributed by atoms with Crippen molar-refractivity contribution in [2.24, 2.45) is 7.05 Å². The Hall–Kier alpha value is -3.46.